The highest BCUT2D eigenvalue weighted by atomic mass is 32.2. The third kappa shape index (κ3) is 3.99. The molecule has 0 spiro atoms. The first-order valence-electron chi connectivity index (χ1n) is 6.43. The molecule has 19 heavy (non-hydrogen) atoms. The van der Waals surface area contributed by atoms with Crippen LogP contribution >= 0.6 is 11.8 Å². The van der Waals surface area contributed by atoms with E-state index in [0.717, 1.165) is 24.2 Å². The Kier molecular flexibility index (Phi) is 4.85. The van der Waals surface area contributed by atoms with E-state index in [1.165, 1.54) is 11.8 Å². The van der Waals surface area contributed by atoms with E-state index >= 15 is 0 Å². The van der Waals surface area contributed by atoms with Gasteiger partial charge in [0.1, 0.15) is 0 Å². The number of nitrogens with one attached hydrogen (secondary N) is 1. The number of carbonyl (C=O) groups excluding carboxylic acids is 2. The summed E-state index contributed by atoms with van der Waals surface area (Å²) in [7, 11) is 0. The zero-order valence-electron chi connectivity index (χ0n) is 10.7. The minimum absolute atomic E-state index is 0.0352. The molecule has 5 heteroatoms. The average molecular weight is 278 g/mol. The summed E-state index contributed by atoms with van der Waals surface area (Å²) >= 11 is 1.49. The lowest BCUT2D eigenvalue weighted by Crippen LogP contribution is -2.42. The number of hydrogen-bond donors (Lipinski definition) is 2. The summed E-state index contributed by atoms with van der Waals surface area (Å²) in [5.74, 6) is -0.178. The molecule has 0 aliphatic heterocycles. The molecule has 1 aromatic carbocycles. The summed E-state index contributed by atoms with van der Waals surface area (Å²) < 4.78 is 0. The van der Waals surface area contributed by atoms with Gasteiger partial charge in [-0.1, -0.05) is 24.6 Å². The largest absolute Gasteiger partial charge is 0.369 e. The van der Waals surface area contributed by atoms with Crippen molar-refractivity contribution in [2.75, 3.05) is 5.75 Å². The lowest BCUT2D eigenvalue weighted by atomic mass is 10.0. The highest BCUT2D eigenvalue weighted by molar-refractivity contribution is 8.00. The van der Waals surface area contributed by atoms with Crippen molar-refractivity contribution in [1.82, 2.24) is 5.32 Å². The van der Waals surface area contributed by atoms with Crippen LogP contribution < -0.4 is 11.1 Å². The Morgan fingerprint density at radius 1 is 1.26 bits per heavy atom. The van der Waals surface area contributed by atoms with Gasteiger partial charge in [-0.3, -0.25) is 9.59 Å². The number of amides is 2. The number of carbonyl (C=O) groups is 2. The highest BCUT2D eigenvalue weighted by Gasteiger charge is 2.32. The minimum atomic E-state index is -0.307. The Hall–Kier alpha value is -1.49. The first kappa shape index (κ1) is 13.9. The number of thioether (sulfide) groups is 1. The van der Waals surface area contributed by atoms with Crippen LogP contribution in [0.15, 0.2) is 35.2 Å². The average Bonchev–Trinajstić information content (AvgIpc) is 2.86. The fourth-order valence-corrected chi connectivity index (χ4v) is 3.12. The molecule has 0 heterocycles. The van der Waals surface area contributed by atoms with E-state index < -0.39 is 0 Å². The van der Waals surface area contributed by atoms with E-state index in [9.17, 15) is 9.59 Å². The fourth-order valence-electron chi connectivity index (χ4n) is 2.39. The first-order valence-corrected chi connectivity index (χ1v) is 7.42. The zero-order valence-corrected chi connectivity index (χ0v) is 11.5. The predicted molar refractivity (Wildman–Crippen MR) is 75.6 cm³/mol. The molecule has 1 saturated carbocycles. The van der Waals surface area contributed by atoms with Crippen molar-refractivity contribution in [2.45, 2.75) is 30.2 Å². The molecule has 1 aliphatic carbocycles. The van der Waals surface area contributed by atoms with Gasteiger partial charge >= 0.3 is 0 Å². The maximum atomic E-state index is 11.9. The van der Waals surface area contributed by atoms with E-state index in [1.807, 2.05) is 30.3 Å². The monoisotopic (exact) mass is 278 g/mol. The number of nitrogens with two attached hydrogens (primary N) is 1. The van der Waals surface area contributed by atoms with E-state index in [4.69, 9.17) is 5.73 Å². The molecule has 2 atom stereocenters. The number of hydrogen-bond acceptors (Lipinski definition) is 3. The summed E-state index contributed by atoms with van der Waals surface area (Å²) in [6, 6.07) is 9.70. The van der Waals surface area contributed by atoms with E-state index in [0.29, 0.717) is 5.75 Å². The number of primary amides is 1. The molecule has 102 valence electrons. The van der Waals surface area contributed by atoms with Crippen LogP contribution in [0.1, 0.15) is 19.3 Å². The second-order valence-electron chi connectivity index (χ2n) is 4.72. The Balaban J connectivity index is 1.80. The van der Waals surface area contributed by atoms with Crippen LogP contribution in [0.3, 0.4) is 0 Å². The molecule has 3 N–H and O–H groups in total. The molecule has 0 unspecified atom stereocenters. The Morgan fingerprint density at radius 2 is 2.00 bits per heavy atom. The van der Waals surface area contributed by atoms with Crippen LogP contribution in [0.2, 0.25) is 0 Å². The van der Waals surface area contributed by atoms with Gasteiger partial charge < -0.3 is 11.1 Å². The highest BCUT2D eigenvalue weighted by Crippen LogP contribution is 2.25. The lowest BCUT2D eigenvalue weighted by molar-refractivity contribution is -0.123. The van der Waals surface area contributed by atoms with Gasteiger partial charge in [-0.15, -0.1) is 11.8 Å². The smallest absolute Gasteiger partial charge is 0.230 e. The summed E-state index contributed by atoms with van der Waals surface area (Å²) in [6.07, 6.45) is 2.58. The third-order valence-corrected chi connectivity index (χ3v) is 4.35. The van der Waals surface area contributed by atoms with Crippen LogP contribution in [0.4, 0.5) is 0 Å². The topological polar surface area (TPSA) is 72.2 Å². The molecule has 1 fully saturated rings. The lowest BCUT2D eigenvalue weighted by Gasteiger charge is -2.18. The van der Waals surface area contributed by atoms with Crippen molar-refractivity contribution in [2.24, 2.45) is 11.7 Å². The normalized spacial score (nSPS) is 22.1. The van der Waals surface area contributed by atoms with Crippen molar-refractivity contribution in [3.63, 3.8) is 0 Å². The molecule has 1 aliphatic rings. The minimum Gasteiger partial charge on any atom is -0.369 e. The van der Waals surface area contributed by atoms with Crippen molar-refractivity contribution in [3.8, 4) is 0 Å². The van der Waals surface area contributed by atoms with Gasteiger partial charge in [0.2, 0.25) is 11.8 Å². The molecule has 4 nitrogen and oxygen atoms in total. The Morgan fingerprint density at radius 3 is 2.68 bits per heavy atom. The number of rotatable bonds is 5. The molecule has 0 radical (unpaired) electrons. The third-order valence-electron chi connectivity index (χ3n) is 3.34. The van der Waals surface area contributed by atoms with Crippen LogP contribution in [0.5, 0.6) is 0 Å². The molecule has 2 rings (SSSR count). The van der Waals surface area contributed by atoms with E-state index in [1.54, 1.807) is 0 Å². The van der Waals surface area contributed by atoms with Crippen molar-refractivity contribution >= 4 is 23.6 Å². The van der Waals surface area contributed by atoms with Crippen LogP contribution in [-0.4, -0.2) is 23.6 Å². The molecule has 1 aromatic rings. The maximum absolute atomic E-state index is 11.9. The molecule has 0 bridgehead atoms. The van der Waals surface area contributed by atoms with Crippen LogP contribution in [-0.2, 0) is 9.59 Å². The van der Waals surface area contributed by atoms with Crippen LogP contribution in [0.25, 0.3) is 0 Å². The predicted octanol–water partition coefficient (Wildman–Crippen LogP) is 1.55. The summed E-state index contributed by atoms with van der Waals surface area (Å²) in [5, 5.41) is 2.92. The van der Waals surface area contributed by atoms with E-state index in [-0.39, 0.29) is 23.8 Å². The summed E-state index contributed by atoms with van der Waals surface area (Å²) in [5.41, 5.74) is 5.33. The van der Waals surface area contributed by atoms with Gasteiger partial charge in [-0.25, -0.2) is 0 Å². The van der Waals surface area contributed by atoms with Gasteiger partial charge in [0, 0.05) is 10.9 Å². The van der Waals surface area contributed by atoms with Gasteiger partial charge in [0.25, 0.3) is 0 Å². The molecule has 0 saturated heterocycles. The maximum Gasteiger partial charge on any atom is 0.230 e. The summed E-state index contributed by atoms with van der Waals surface area (Å²) in [6.45, 7) is 0. The SMILES string of the molecule is NC(=O)[C@H]1CCC[C@H]1NC(=O)CSc1ccccc1. The van der Waals surface area contributed by atoms with E-state index in [2.05, 4.69) is 5.32 Å². The van der Waals surface area contributed by atoms with Crippen molar-refractivity contribution < 1.29 is 9.59 Å². The molecular weight excluding hydrogens is 260 g/mol. The van der Waals surface area contributed by atoms with Gasteiger partial charge in [-0.2, -0.15) is 0 Å². The molecule has 2 amide bonds. The standard InChI is InChI=1S/C14H18N2O2S/c15-14(18)11-7-4-8-12(11)16-13(17)9-19-10-5-2-1-3-6-10/h1-3,5-6,11-12H,4,7-9H2,(H2,15,18)(H,16,17)/t11-,12+/m0/s1. The molecular formula is C14H18N2O2S. The molecule has 0 aromatic heterocycles. The van der Waals surface area contributed by atoms with Crippen molar-refractivity contribution in [3.05, 3.63) is 30.3 Å². The Bertz CT molecular complexity index is 450. The summed E-state index contributed by atoms with van der Waals surface area (Å²) in [4.78, 5) is 24.2. The zero-order chi connectivity index (χ0) is 13.7. The van der Waals surface area contributed by atoms with Crippen molar-refractivity contribution in [1.29, 1.82) is 0 Å². The van der Waals surface area contributed by atoms with Crippen LogP contribution in [0, 0.1) is 5.92 Å². The first-order chi connectivity index (χ1) is 9.16. The number of benzene rings is 1. The van der Waals surface area contributed by atoms with Gasteiger partial charge in [0.05, 0.1) is 11.7 Å². The fraction of sp³-hybridized carbons (Fsp3) is 0.429. The quantitative estimate of drug-likeness (QED) is 0.803. The van der Waals surface area contributed by atoms with Gasteiger partial charge in [-0.05, 0) is 25.0 Å². The Labute approximate surface area is 117 Å². The second-order valence-corrected chi connectivity index (χ2v) is 5.76. The van der Waals surface area contributed by atoms with Gasteiger partial charge in [0.15, 0.2) is 0 Å². The second kappa shape index (κ2) is 6.61.